The van der Waals surface area contributed by atoms with Crippen molar-refractivity contribution in [2.75, 3.05) is 6.54 Å². The lowest BCUT2D eigenvalue weighted by Gasteiger charge is -2.19. The van der Waals surface area contributed by atoms with Crippen LogP contribution in [0.2, 0.25) is 0 Å². The fourth-order valence-electron chi connectivity index (χ4n) is 2.10. The second kappa shape index (κ2) is 7.88. The first kappa shape index (κ1) is 14.7. The number of benzene rings is 1. The van der Waals surface area contributed by atoms with E-state index < -0.39 is 0 Å². The molecule has 0 radical (unpaired) electrons. The summed E-state index contributed by atoms with van der Waals surface area (Å²) in [6.07, 6.45) is 2.70. The molecule has 18 heavy (non-hydrogen) atoms. The van der Waals surface area contributed by atoms with Crippen LogP contribution in [0.25, 0.3) is 0 Å². The van der Waals surface area contributed by atoms with Crippen molar-refractivity contribution < 1.29 is 4.79 Å². The van der Waals surface area contributed by atoms with Gasteiger partial charge in [-0.3, -0.25) is 4.79 Å². The van der Waals surface area contributed by atoms with Gasteiger partial charge in [0.15, 0.2) is 0 Å². The van der Waals surface area contributed by atoms with Gasteiger partial charge in [0.2, 0.25) is 5.91 Å². The number of hydrogen-bond donors (Lipinski definition) is 2. The Labute approximate surface area is 110 Å². The van der Waals surface area contributed by atoms with Gasteiger partial charge < -0.3 is 11.1 Å². The van der Waals surface area contributed by atoms with E-state index in [1.54, 1.807) is 0 Å². The summed E-state index contributed by atoms with van der Waals surface area (Å²) in [5.41, 5.74) is 6.56. The van der Waals surface area contributed by atoms with Crippen molar-refractivity contribution in [3.05, 3.63) is 35.9 Å². The van der Waals surface area contributed by atoms with E-state index >= 15 is 0 Å². The van der Waals surface area contributed by atoms with Gasteiger partial charge in [0, 0.05) is 6.04 Å². The first-order chi connectivity index (χ1) is 8.69. The highest BCUT2D eigenvalue weighted by molar-refractivity contribution is 5.83. The van der Waals surface area contributed by atoms with E-state index in [2.05, 4.69) is 5.32 Å². The Morgan fingerprint density at radius 3 is 2.56 bits per heavy atom. The van der Waals surface area contributed by atoms with Crippen LogP contribution in [0.15, 0.2) is 30.3 Å². The highest BCUT2D eigenvalue weighted by Crippen LogP contribution is 2.19. The summed E-state index contributed by atoms with van der Waals surface area (Å²) >= 11 is 0. The van der Waals surface area contributed by atoms with Crippen molar-refractivity contribution in [2.45, 2.75) is 45.1 Å². The van der Waals surface area contributed by atoms with Crippen LogP contribution in [0, 0.1) is 0 Å². The summed E-state index contributed by atoms with van der Waals surface area (Å²) in [6, 6.07) is 10.1. The van der Waals surface area contributed by atoms with Crippen LogP contribution < -0.4 is 11.1 Å². The summed E-state index contributed by atoms with van der Waals surface area (Å²) < 4.78 is 0. The molecule has 0 spiro atoms. The average Bonchev–Trinajstić information content (AvgIpc) is 2.38. The zero-order chi connectivity index (χ0) is 13.4. The third-order valence-electron chi connectivity index (χ3n) is 3.16. The zero-order valence-electron chi connectivity index (χ0n) is 11.4. The second-order valence-corrected chi connectivity index (χ2v) is 4.71. The van der Waals surface area contributed by atoms with Gasteiger partial charge in [0.25, 0.3) is 0 Å². The lowest BCUT2D eigenvalue weighted by Crippen LogP contribution is -2.36. The molecule has 0 aliphatic carbocycles. The molecule has 1 rings (SSSR count). The van der Waals surface area contributed by atoms with Crippen molar-refractivity contribution in [1.82, 2.24) is 5.32 Å². The maximum atomic E-state index is 12.2. The minimum atomic E-state index is -0.0495. The summed E-state index contributed by atoms with van der Waals surface area (Å²) in [5, 5.41) is 3.07. The van der Waals surface area contributed by atoms with Gasteiger partial charge in [0.1, 0.15) is 0 Å². The second-order valence-electron chi connectivity index (χ2n) is 4.71. The molecule has 2 unspecified atom stereocenters. The molecule has 100 valence electrons. The van der Waals surface area contributed by atoms with E-state index in [-0.39, 0.29) is 17.9 Å². The van der Waals surface area contributed by atoms with E-state index in [9.17, 15) is 4.79 Å². The van der Waals surface area contributed by atoms with Gasteiger partial charge in [-0.05, 0) is 38.3 Å². The summed E-state index contributed by atoms with van der Waals surface area (Å²) in [7, 11) is 0. The zero-order valence-corrected chi connectivity index (χ0v) is 11.4. The van der Waals surface area contributed by atoms with Crippen LogP contribution in [-0.4, -0.2) is 18.5 Å². The topological polar surface area (TPSA) is 55.1 Å². The Bertz CT molecular complexity index is 351. The molecule has 3 heteroatoms. The van der Waals surface area contributed by atoms with Gasteiger partial charge >= 0.3 is 0 Å². The smallest absolute Gasteiger partial charge is 0.227 e. The van der Waals surface area contributed by atoms with Crippen LogP contribution in [0.3, 0.4) is 0 Å². The molecule has 0 aromatic heterocycles. The number of carbonyl (C=O) groups excluding carboxylic acids is 1. The van der Waals surface area contributed by atoms with Crippen LogP contribution in [0.1, 0.15) is 44.6 Å². The molecule has 0 saturated carbocycles. The minimum Gasteiger partial charge on any atom is -0.353 e. The number of nitrogens with two attached hydrogens (primary N) is 1. The maximum absolute atomic E-state index is 12.2. The molecule has 1 amide bonds. The van der Waals surface area contributed by atoms with E-state index in [1.807, 2.05) is 44.2 Å². The van der Waals surface area contributed by atoms with E-state index in [0.717, 1.165) is 24.8 Å². The number of hydrogen-bond acceptors (Lipinski definition) is 2. The molecule has 0 heterocycles. The van der Waals surface area contributed by atoms with Crippen LogP contribution >= 0.6 is 0 Å². The molecule has 0 bridgehead atoms. The molecule has 3 nitrogen and oxygen atoms in total. The maximum Gasteiger partial charge on any atom is 0.227 e. The van der Waals surface area contributed by atoms with Crippen LogP contribution in [-0.2, 0) is 4.79 Å². The van der Waals surface area contributed by atoms with Crippen molar-refractivity contribution in [3.63, 3.8) is 0 Å². The van der Waals surface area contributed by atoms with Crippen molar-refractivity contribution in [2.24, 2.45) is 5.73 Å². The molecular formula is C15H24N2O. The molecule has 0 aliphatic heterocycles. The third-order valence-corrected chi connectivity index (χ3v) is 3.16. The van der Waals surface area contributed by atoms with Gasteiger partial charge in [-0.15, -0.1) is 0 Å². The number of nitrogens with one attached hydrogen (secondary N) is 1. The Kier molecular flexibility index (Phi) is 6.44. The lowest BCUT2D eigenvalue weighted by molar-refractivity contribution is -0.123. The third kappa shape index (κ3) is 4.49. The Morgan fingerprint density at radius 2 is 2.00 bits per heavy atom. The highest BCUT2D eigenvalue weighted by atomic mass is 16.1. The molecule has 1 aromatic rings. The average molecular weight is 248 g/mol. The summed E-state index contributed by atoms with van der Waals surface area (Å²) in [6.45, 7) is 4.75. The van der Waals surface area contributed by atoms with Crippen LogP contribution in [0.5, 0.6) is 0 Å². The monoisotopic (exact) mass is 248 g/mol. The molecule has 2 atom stereocenters. The Hall–Kier alpha value is -1.35. The fraction of sp³-hybridized carbons (Fsp3) is 0.533. The predicted octanol–water partition coefficient (Wildman–Crippen LogP) is 2.42. The molecule has 0 saturated heterocycles. The number of carbonyl (C=O) groups is 1. The van der Waals surface area contributed by atoms with Crippen molar-refractivity contribution >= 4 is 5.91 Å². The lowest BCUT2D eigenvalue weighted by atomic mass is 9.95. The number of amides is 1. The Balaban J connectivity index is 2.58. The summed E-state index contributed by atoms with van der Waals surface area (Å²) in [4.78, 5) is 12.2. The van der Waals surface area contributed by atoms with E-state index in [1.165, 1.54) is 0 Å². The quantitative estimate of drug-likeness (QED) is 0.778. The van der Waals surface area contributed by atoms with Crippen LogP contribution in [0.4, 0.5) is 0 Å². The standard InChI is InChI=1S/C15H24N2O/c1-3-14(13-9-5-4-6-10-13)15(18)17-12(2)8-7-11-16/h4-6,9-10,12,14H,3,7-8,11,16H2,1-2H3,(H,17,18). The van der Waals surface area contributed by atoms with Gasteiger partial charge in [0.05, 0.1) is 5.92 Å². The number of rotatable bonds is 7. The Morgan fingerprint density at radius 1 is 1.33 bits per heavy atom. The normalized spacial score (nSPS) is 13.9. The molecule has 3 N–H and O–H groups in total. The molecule has 0 aliphatic rings. The molecule has 0 fully saturated rings. The molecule has 1 aromatic carbocycles. The van der Waals surface area contributed by atoms with Crippen molar-refractivity contribution in [1.29, 1.82) is 0 Å². The SMILES string of the molecule is CCC(C(=O)NC(C)CCCN)c1ccccc1. The van der Waals surface area contributed by atoms with E-state index in [4.69, 9.17) is 5.73 Å². The largest absolute Gasteiger partial charge is 0.353 e. The van der Waals surface area contributed by atoms with Gasteiger partial charge in [-0.2, -0.15) is 0 Å². The summed E-state index contributed by atoms with van der Waals surface area (Å²) in [5.74, 6) is 0.0692. The molecular weight excluding hydrogens is 224 g/mol. The van der Waals surface area contributed by atoms with E-state index in [0.29, 0.717) is 6.54 Å². The van der Waals surface area contributed by atoms with Crippen molar-refractivity contribution in [3.8, 4) is 0 Å². The fourth-order valence-corrected chi connectivity index (χ4v) is 2.10. The predicted molar refractivity (Wildman–Crippen MR) is 75.4 cm³/mol. The first-order valence-corrected chi connectivity index (χ1v) is 6.74. The highest BCUT2D eigenvalue weighted by Gasteiger charge is 2.19. The van der Waals surface area contributed by atoms with Gasteiger partial charge in [-0.25, -0.2) is 0 Å². The first-order valence-electron chi connectivity index (χ1n) is 6.74. The van der Waals surface area contributed by atoms with Gasteiger partial charge in [-0.1, -0.05) is 37.3 Å². The minimum absolute atomic E-state index is 0.0495.